The Kier molecular flexibility index (Phi) is 5.61. The van der Waals surface area contributed by atoms with Crippen LogP contribution in [-0.4, -0.2) is 18.1 Å². The average molecular weight is 320 g/mol. The number of rotatable bonds is 5. The summed E-state index contributed by atoms with van der Waals surface area (Å²) in [6, 6.07) is 8.97. The predicted molar refractivity (Wildman–Crippen MR) is 86.1 cm³/mol. The lowest BCUT2D eigenvalue weighted by Gasteiger charge is -2.12. The number of ether oxygens (including phenoxy) is 1. The maximum atomic E-state index is 11.9. The number of halogens is 1. The quantitative estimate of drug-likeness (QED) is 0.890. The largest absolute Gasteiger partial charge is 0.495 e. The zero-order valence-corrected chi connectivity index (χ0v) is 13.3. The molecule has 0 bridgehead atoms. The number of nitrogens with zero attached hydrogens (tertiary/aromatic N) is 1. The fourth-order valence-corrected chi connectivity index (χ4v) is 2.30. The van der Waals surface area contributed by atoms with Crippen LogP contribution in [0.3, 0.4) is 0 Å². The van der Waals surface area contributed by atoms with Crippen LogP contribution in [-0.2, 0) is 13.1 Å². The van der Waals surface area contributed by atoms with E-state index in [1.165, 1.54) is 0 Å². The highest BCUT2D eigenvalue weighted by Gasteiger charge is 2.09. The van der Waals surface area contributed by atoms with Crippen molar-refractivity contribution in [2.24, 2.45) is 0 Å². The van der Waals surface area contributed by atoms with Gasteiger partial charge in [-0.1, -0.05) is 29.8 Å². The highest BCUT2D eigenvalue weighted by Crippen LogP contribution is 2.27. The van der Waals surface area contributed by atoms with Gasteiger partial charge in [0.1, 0.15) is 5.75 Å². The van der Waals surface area contributed by atoms with Gasteiger partial charge in [-0.2, -0.15) is 0 Å². The summed E-state index contributed by atoms with van der Waals surface area (Å²) in [4.78, 5) is 16.1. The molecular formula is C16H18ClN3O2. The van der Waals surface area contributed by atoms with E-state index < -0.39 is 0 Å². The van der Waals surface area contributed by atoms with Crippen LogP contribution in [0.1, 0.15) is 16.8 Å². The van der Waals surface area contributed by atoms with E-state index in [-0.39, 0.29) is 6.03 Å². The molecule has 0 fully saturated rings. The highest BCUT2D eigenvalue weighted by atomic mass is 35.5. The second-order valence-corrected chi connectivity index (χ2v) is 5.14. The van der Waals surface area contributed by atoms with E-state index in [1.807, 2.05) is 31.2 Å². The molecule has 0 aliphatic rings. The molecule has 22 heavy (non-hydrogen) atoms. The van der Waals surface area contributed by atoms with Crippen LogP contribution in [0.2, 0.25) is 5.02 Å². The van der Waals surface area contributed by atoms with Crippen molar-refractivity contribution < 1.29 is 9.53 Å². The Morgan fingerprint density at radius 3 is 2.73 bits per heavy atom. The molecule has 0 radical (unpaired) electrons. The number of carbonyl (C=O) groups is 1. The topological polar surface area (TPSA) is 63.2 Å². The Morgan fingerprint density at radius 1 is 1.23 bits per heavy atom. The minimum Gasteiger partial charge on any atom is -0.495 e. The summed E-state index contributed by atoms with van der Waals surface area (Å²) in [5.74, 6) is 0.574. The molecule has 116 valence electrons. The Balaban J connectivity index is 1.88. The minimum absolute atomic E-state index is 0.271. The van der Waals surface area contributed by atoms with E-state index in [0.717, 1.165) is 16.8 Å². The van der Waals surface area contributed by atoms with E-state index in [1.54, 1.807) is 19.4 Å². The molecule has 5 nitrogen and oxygen atoms in total. The van der Waals surface area contributed by atoms with Gasteiger partial charge in [0, 0.05) is 18.3 Å². The van der Waals surface area contributed by atoms with Gasteiger partial charge >= 0.3 is 6.03 Å². The zero-order chi connectivity index (χ0) is 15.9. The molecule has 0 saturated carbocycles. The summed E-state index contributed by atoms with van der Waals surface area (Å²) in [5.41, 5.74) is 2.71. The number of hydrogen-bond acceptors (Lipinski definition) is 3. The number of hydrogen-bond donors (Lipinski definition) is 2. The number of benzene rings is 1. The van der Waals surface area contributed by atoms with Crippen molar-refractivity contribution >= 4 is 17.6 Å². The number of aromatic nitrogens is 1. The van der Waals surface area contributed by atoms with Crippen molar-refractivity contribution in [2.45, 2.75) is 20.0 Å². The molecule has 1 aromatic carbocycles. The number of aryl methyl sites for hydroxylation is 1. The van der Waals surface area contributed by atoms with E-state index in [0.29, 0.717) is 23.9 Å². The molecular weight excluding hydrogens is 302 g/mol. The van der Waals surface area contributed by atoms with E-state index in [2.05, 4.69) is 15.6 Å². The number of amides is 2. The van der Waals surface area contributed by atoms with E-state index in [4.69, 9.17) is 16.3 Å². The summed E-state index contributed by atoms with van der Waals surface area (Å²) in [6.07, 6.45) is 1.71. The summed E-state index contributed by atoms with van der Waals surface area (Å²) in [6.45, 7) is 2.67. The smallest absolute Gasteiger partial charge is 0.315 e. The lowest BCUT2D eigenvalue weighted by atomic mass is 10.2. The number of urea groups is 1. The lowest BCUT2D eigenvalue weighted by molar-refractivity contribution is 0.240. The van der Waals surface area contributed by atoms with Crippen LogP contribution >= 0.6 is 11.6 Å². The minimum atomic E-state index is -0.271. The summed E-state index contributed by atoms with van der Waals surface area (Å²) in [7, 11) is 1.55. The van der Waals surface area contributed by atoms with Crippen LogP contribution in [0.15, 0.2) is 36.5 Å². The molecule has 0 saturated heterocycles. The number of nitrogens with one attached hydrogen (secondary N) is 2. The summed E-state index contributed by atoms with van der Waals surface area (Å²) < 4.78 is 5.24. The Morgan fingerprint density at radius 2 is 2.00 bits per heavy atom. The van der Waals surface area contributed by atoms with Gasteiger partial charge in [0.2, 0.25) is 0 Å². The Labute approximate surface area is 134 Å². The van der Waals surface area contributed by atoms with Crippen LogP contribution in [0.5, 0.6) is 5.75 Å². The Bertz CT molecular complexity index is 662. The number of para-hydroxylation sites is 1. The molecule has 0 aliphatic carbocycles. The molecule has 0 aliphatic heterocycles. The van der Waals surface area contributed by atoms with Crippen molar-refractivity contribution in [3.63, 3.8) is 0 Å². The van der Waals surface area contributed by atoms with Crippen molar-refractivity contribution in [1.29, 1.82) is 0 Å². The van der Waals surface area contributed by atoms with Gasteiger partial charge in [-0.3, -0.25) is 4.98 Å². The zero-order valence-electron chi connectivity index (χ0n) is 12.5. The third-order valence-corrected chi connectivity index (χ3v) is 3.52. The van der Waals surface area contributed by atoms with Crippen molar-refractivity contribution in [2.75, 3.05) is 7.11 Å². The fourth-order valence-electron chi connectivity index (χ4n) is 2.03. The molecule has 0 atom stereocenters. The predicted octanol–water partition coefficient (Wildman–Crippen LogP) is 3.05. The van der Waals surface area contributed by atoms with Gasteiger partial charge in [-0.15, -0.1) is 0 Å². The van der Waals surface area contributed by atoms with Crippen molar-refractivity contribution in [3.8, 4) is 5.75 Å². The van der Waals surface area contributed by atoms with E-state index >= 15 is 0 Å². The first-order chi connectivity index (χ1) is 10.6. The molecule has 2 N–H and O–H groups in total. The summed E-state index contributed by atoms with van der Waals surface area (Å²) in [5, 5.41) is 6.07. The normalized spacial score (nSPS) is 10.1. The first-order valence-electron chi connectivity index (χ1n) is 6.85. The van der Waals surface area contributed by atoms with E-state index in [9.17, 15) is 4.79 Å². The van der Waals surface area contributed by atoms with Crippen LogP contribution < -0.4 is 15.4 Å². The van der Waals surface area contributed by atoms with Crippen molar-refractivity contribution in [3.05, 3.63) is 58.4 Å². The lowest BCUT2D eigenvalue weighted by Crippen LogP contribution is -2.35. The molecule has 0 unspecified atom stereocenters. The van der Waals surface area contributed by atoms with Gasteiger partial charge in [-0.25, -0.2) is 4.79 Å². The summed E-state index contributed by atoms with van der Waals surface area (Å²) >= 11 is 6.04. The monoisotopic (exact) mass is 319 g/mol. The van der Waals surface area contributed by atoms with Crippen molar-refractivity contribution in [1.82, 2.24) is 15.6 Å². The van der Waals surface area contributed by atoms with Gasteiger partial charge in [0.15, 0.2) is 0 Å². The molecule has 2 aromatic rings. The fraction of sp³-hybridized carbons (Fsp3) is 0.250. The molecule has 2 rings (SSSR count). The standard InChI is InChI=1S/C16H18ClN3O2/c1-11-5-4-8-18-14(11)10-20-16(21)19-9-12-6-3-7-13(17)15(12)22-2/h3-8H,9-10H2,1-2H3,(H2,19,20,21). The van der Waals surface area contributed by atoms with Crippen LogP contribution in [0.4, 0.5) is 4.79 Å². The number of methoxy groups -OCH3 is 1. The highest BCUT2D eigenvalue weighted by molar-refractivity contribution is 6.32. The van der Waals surface area contributed by atoms with Gasteiger partial charge in [0.05, 0.1) is 24.4 Å². The first kappa shape index (κ1) is 16.1. The molecule has 0 spiro atoms. The van der Waals surface area contributed by atoms with Gasteiger partial charge in [-0.05, 0) is 24.6 Å². The second kappa shape index (κ2) is 7.66. The molecule has 2 amide bonds. The average Bonchev–Trinajstić information content (AvgIpc) is 2.52. The second-order valence-electron chi connectivity index (χ2n) is 4.74. The van der Waals surface area contributed by atoms with Crippen LogP contribution in [0.25, 0.3) is 0 Å². The first-order valence-corrected chi connectivity index (χ1v) is 7.23. The third kappa shape index (κ3) is 4.11. The third-order valence-electron chi connectivity index (χ3n) is 3.23. The maximum Gasteiger partial charge on any atom is 0.315 e. The maximum absolute atomic E-state index is 11.9. The Hall–Kier alpha value is -2.27. The van der Waals surface area contributed by atoms with Gasteiger partial charge in [0.25, 0.3) is 0 Å². The van der Waals surface area contributed by atoms with Gasteiger partial charge < -0.3 is 15.4 Å². The number of carbonyl (C=O) groups excluding carboxylic acids is 1. The number of pyridine rings is 1. The molecule has 6 heteroatoms. The SMILES string of the molecule is COc1c(Cl)cccc1CNC(=O)NCc1ncccc1C. The molecule has 1 aromatic heterocycles. The molecule has 1 heterocycles. The van der Waals surface area contributed by atoms with Crippen LogP contribution in [0, 0.1) is 6.92 Å².